The van der Waals surface area contributed by atoms with Gasteiger partial charge in [-0.15, -0.1) is 0 Å². The highest BCUT2D eigenvalue weighted by Gasteiger charge is 2.20. The van der Waals surface area contributed by atoms with Crippen molar-refractivity contribution in [3.05, 3.63) is 17.0 Å². The number of nitrogens with one attached hydrogen (secondary N) is 2. The van der Waals surface area contributed by atoms with Gasteiger partial charge in [-0.3, -0.25) is 0 Å². The number of carbonyl (C=O) groups is 1. The van der Waals surface area contributed by atoms with Gasteiger partial charge >= 0.3 is 6.03 Å². The minimum atomic E-state index is -0.198. The second kappa shape index (κ2) is 6.74. The number of aliphatic hydroxyl groups excluding tert-OH is 1. The van der Waals surface area contributed by atoms with Gasteiger partial charge in [0, 0.05) is 18.2 Å². The van der Waals surface area contributed by atoms with Crippen LogP contribution in [0.2, 0.25) is 0 Å². The van der Waals surface area contributed by atoms with Gasteiger partial charge in [0.15, 0.2) is 0 Å². The van der Waals surface area contributed by atoms with Gasteiger partial charge in [-0.2, -0.15) is 0 Å². The van der Waals surface area contributed by atoms with Gasteiger partial charge in [0.1, 0.15) is 5.76 Å². The Bertz CT molecular complexity index is 431. The first-order chi connectivity index (χ1) is 9.56. The van der Waals surface area contributed by atoms with Crippen molar-refractivity contribution in [2.45, 2.75) is 58.1 Å². The standard InChI is InChI=1S/C14H23N3O3/c1-9-13(10(2)20-17-9)7-8-15-14(19)16-11-3-5-12(18)6-4-11/h11-12,18H,3-8H2,1-2H3,(H2,15,16,19). The van der Waals surface area contributed by atoms with Crippen molar-refractivity contribution in [1.29, 1.82) is 0 Å². The van der Waals surface area contributed by atoms with Crippen LogP contribution in [0.3, 0.4) is 0 Å². The lowest BCUT2D eigenvalue weighted by Gasteiger charge is -2.26. The number of hydrogen-bond donors (Lipinski definition) is 3. The monoisotopic (exact) mass is 281 g/mol. The molecule has 1 aliphatic carbocycles. The Morgan fingerprint density at radius 1 is 1.35 bits per heavy atom. The van der Waals surface area contributed by atoms with Crippen molar-refractivity contribution in [3.8, 4) is 0 Å². The van der Waals surface area contributed by atoms with Crippen molar-refractivity contribution in [2.75, 3.05) is 6.54 Å². The lowest BCUT2D eigenvalue weighted by atomic mass is 9.93. The number of aryl methyl sites for hydroxylation is 2. The Morgan fingerprint density at radius 2 is 2.05 bits per heavy atom. The topological polar surface area (TPSA) is 87.4 Å². The summed E-state index contributed by atoms with van der Waals surface area (Å²) in [5, 5.41) is 19.1. The van der Waals surface area contributed by atoms with Crippen molar-refractivity contribution in [1.82, 2.24) is 15.8 Å². The third-order valence-corrected chi connectivity index (χ3v) is 3.87. The van der Waals surface area contributed by atoms with Crippen LogP contribution in [-0.4, -0.2) is 35.0 Å². The smallest absolute Gasteiger partial charge is 0.315 e. The van der Waals surface area contributed by atoms with Crippen LogP contribution in [0.5, 0.6) is 0 Å². The van der Waals surface area contributed by atoms with E-state index in [0.717, 1.165) is 49.1 Å². The summed E-state index contributed by atoms with van der Waals surface area (Å²) in [4.78, 5) is 11.8. The molecule has 1 heterocycles. The van der Waals surface area contributed by atoms with Crippen LogP contribution in [0.25, 0.3) is 0 Å². The van der Waals surface area contributed by atoms with Crippen LogP contribution in [0.1, 0.15) is 42.7 Å². The molecule has 0 atom stereocenters. The highest BCUT2D eigenvalue weighted by atomic mass is 16.5. The number of rotatable bonds is 4. The maximum absolute atomic E-state index is 11.8. The summed E-state index contributed by atoms with van der Waals surface area (Å²) in [5.74, 6) is 0.811. The van der Waals surface area contributed by atoms with E-state index in [9.17, 15) is 9.90 Å². The predicted octanol–water partition coefficient (Wildman–Crippen LogP) is 1.44. The minimum Gasteiger partial charge on any atom is -0.393 e. The molecule has 0 saturated heterocycles. The Kier molecular flexibility index (Phi) is 5.00. The van der Waals surface area contributed by atoms with E-state index < -0.39 is 0 Å². The van der Waals surface area contributed by atoms with Gasteiger partial charge in [0.2, 0.25) is 0 Å². The van der Waals surface area contributed by atoms with Crippen molar-refractivity contribution in [2.24, 2.45) is 0 Å². The fraction of sp³-hybridized carbons (Fsp3) is 0.714. The lowest BCUT2D eigenvalue weighted by molar-refractivity contribution is 0.117. The molecule has 1 aliphatic rings. The van der Waals surface area contributed by atoms with Gasteiger partial charge in [-0.1, -0.05) is 5.16 Å². The van der Waals surface area contributed by atoms with Crippen LogP contribution in [-0.2, 0) is 6.42 Å². The molecule has 3 N–H and O–H groups in total. The molecule has 1 aromatic heterocycles. The van der Waals surface area contributed by atoms with Gasteiger partial charge in [0.25, 0.3) is 0 Å². The number of carbonyl (C=O) groups excluding carboxylic acids is 1. The molecular weight excluding hydrogens is 258 g/mol. The van der Waals surface area contributed by atoms with Gasteiger partial charge in [0.05, 0.1) is 11.8 Å². The molecule has 6 heteroatoms. The number of aromatic nitrogens is 1. The van der Waals surface area contributed by atoms with Gasteiger partial charge < -0.3 is 20.3 Å². The average Bonchev–Trinajstić information content (AvgIpc) is 2.73. The highest BCUT2D eigenvalue weighted by Crippen LogP contribution is 2.18. The van der Waals surface area contributed by atoms with E-state index in [4.69, 9.17) is 4.52 Å². The van der Waals surface area contributed by atoms with Crippen molar-refractivity contribution < 1.29 is 14.4 Å². The molecule has 2 amide bonds. The first kappa shape index (κ1) is 14.8. The molecule has 112 valence electrons. The van der Waals surface area contributed by atoms with Gasteiger partial charge in [-0.05, 0) is 46.0 Å². The summed E-state index contributed by atoms with van der Waals surface area (Å²) in [5.41, 5.74) is 1.94. The molecule has 1 saturated carbocycles. The molecule has 0 unspecified atom stereocenters. The average molecular weight is 281 g/mol. The van der Waals surface area contributed by atoms with Crippen LogP contribution in [0, 0.1) is 13.8 Å². The van der Waals surface area contributed by atoms with Crippen molar-refractivity contribution >= 4 is 6.03 Å². The molecule has 6 nitrogen and oxygen atoms in total. The highest BCUT2D eigenvalue weighted by molar-refractivity contribution is 5.74. The minimum absolute atomic E-state index is 0.141. The molecule has 0 bridgehead atoms. The molecule has 0 aliphatic heterocycles. The quantitative estimate of drug-likeness (QED) is 0.779. The molecule has 0 aromatic carbocycles. The van der Waals surface area contributed by atoms with E-state index in [1.165, 1.54) is 0 Å². The predicted molar refractivity (Wildman–Crippen MR) is 74.5 cm³/mol. The first-order valence-corrected chi connectivity index (χ1v) is 7.20. The summed E-state index contributed by atoms with van der Waals surface area (Å²) in [6.45, 7) is 4.34. The van der Waals surface area contributed by atoms with Gasteiger partial charge in [-0.25, -0.2) is 4.79 Å². The number of aliphatic hydroxyl groups is 1. The molecular formula is C14H23N3O3. The zero-order chi connectivity index (χ0) is 14.5. The fourth-order valence-electron chi connectivity index (χ4n) is 2.62. The largest absolute Gasteiger partial charge is 0.393 e. The van der Waals surface area contributed by atoms with E-state index >= 15 is 0 Å². The SMILES string of the molecule is Cc1noc(C)c1CCNC(=O)NC1CCC(O)CC1. The number of amides is 2. The molecule has 20 heavy (non-hydrogen) atoms. The van der Waals surface area contributed by atoms with E-state index in [-0.39, 0.29) is 18.2 Å². The summed E-state index contributed by atoms with van der Waals surface area (Å²) < 4.78 is 5.08. The molecule has 1 fully saturated rings. The third kappa shape index (κ3) is 3.96. The number of hydrogen-bond acceptors (Lipinski definition) is 4. The lowest BCUT2D eigenvalue weighted by Crippen LogP contribution is -2.44. The van der Waals surface area contributed by atoms with E-state index in [2.05, 4.69) is 15.8 Å². The summed E-state index contributed by atoms with van der Waals surface area (Å²) in [6, 6.07) is 0.0376. The molecule has 0 radical (unpaired) electrons. The zero-order valence-electron chi connectivity index (χ0n) is 12.1. The number of urea groups is 1. The fourth-order valence-corrected chi connectivity index (χ4v) is 2.62. The van der Waals surface area contributed by atoms with Crippen molar-refractivity contribution in [3.63, 3.8) is 0 Å². The zero-order valence-corrected chi connectivity index (χ0v) is 12.1. The Morgan fingerprint density at radius 3 is 2.65 bits per heavy atom. The van der Waals surface area contributed by atoms with E-state index in [1.807, 2.05) is 13.8 Å². The van der Waals surface area contributed by atoms with Crippen LogP contribution < -0.4 is 10.6 Å². The first-order valence-electron chi connectivity index (χ1n) is 7.20. The summed E-state index contributed by atoms with van der Waals surface area (Å²) in [7, 11) is 0. The maximum Gasteiger partial charge on any atom is 0.315 e. The van der Waals surface area contributed by atoms with Crippen LogP contribution in [0.4, 0.5) is 4.79 Å². The Labute approximate surface area is 118 Å². The number of nitrogens with zero attached hydrogens (tertiary/aromatic N) is 1. The summed E-state index contributed by atoms with van der Waals surface area (Å²) >= 11 is 0. The van der Waals surface area contributed by atoms with E-state index in [1.54, 1.807) is 0 Å². The Balaban J connectivity index is 1.68. The normalized spacial score (nSPS) is 22.6. The molecule has 0 spiro atoms. The summed E-state index contributed by atoms with van der Waals surface area (Å²) in [6.07, 6.45) is 3.75. The third-order valence-electron chi connectivity index (χ3n) is 3.87. The second-order valence-electron chi connectivity index (χ2n) is 5.46. The second-order valence-corrected chi connectivity index (χ2v) is 5.46. The molecule has 2 rings (SSSR count). The Hall–Kier alpha value is -1.56. The maximum atomic E-state index is 11.8. The van der Waals surface area contributed by atoms with Crippen LogP contribution in [0.15, 0.2) is 4.52 Å². The van der Waals surface area contributed by atoms with E-state index in [0.29, 0.717) is 6.54 Å². The van der Waals surface area contributed by atoms with Crippen LogP contribution >= 0.6 is 0 Å². The molecule has 1 aromatic rings.